The van der Waals surface area contributed by atoms with Gasteiger partial charge in [-0.25, -0.2) is 4.39 Å². The quantitative estimate of drug-likeness (QED) is 0.379. The largest absolute Gasteiger partial charge is 0.403 e. The molecule has 6 N–H and O–H groups in total. The predicted molar refractivity (Wildman–Crippen MR) is 120 cm³/mol. The Morgan fingerprint density at radius 2 is 2.06 bits per heavy atom. The summed E-state index contributed by atoms with van der Waals surface area (Å²) in [5, 5.41) is 14.5. The number of anilines is 1. The van der Waals surface area contributed by atoms with Crippen molar-refractivity contribution < 1.29 is 18.8 Å². The van der Waals surface area contributed by atoms with Gasteiger partial charge in [0.1, 0.15) is 17.6 Å². The van der Waals surface area contributed by atoms with E-state index in [1.54, 1.807) is 13.0 Å². The number of carbonyl (C=O) groups is 3. The number of hydrogen-bond donors (Lipinski definition) is 4. The van der Waals surface area contributed by atoms with Crippen molar-refractivity contribution in [3.05, 3.63) is 64.0 Å². The molecule has 1 aromatic carbocycles. The summed E-state index contributed by atoms with van der Waals surface area (Å²) in [5.41, 5.74) is 12.6. The molecule has 0 spiro atoms. The van der Waals surface area contributed by atoms with Crippen molar-refractivity contribution in [2.45, 2.75) is 44.2 Å². The first-order chi connectivity index (χ1) is 16.2. The molecule has 174 valence electrons. The molecular formula is C24H23FN6O3. The Bertz CT molecular complexity index is 1350. The van der Waals surface area contributed by atoms with Crippen molar-refractivity contribution >= 4 is 23.3 Å². The SMILES string of the molecule is Cc1c(C(=O)C(=O)NC2(/C(N)=C/N)CC2)c2n(c1C(=O)Nc1ccc(F)c(C#N)c1)[C@@H]1C[C@@H]1C2. The van der Waals surface area contributed by atoms with Crippen LogP contribution >= 0.6 is 0 Å². The van der Waals surface area contributed by atoms with Crippen molar-refractivity contribution in [2.75, 3.05) is 5.32 Å². The molecule has 0 unspecified atom stereocenters. The highest BCUT2D eigenvalue weighted by atomic mass is 19.1. The number of nitrogens with one attached hydrogen (secondary N) is 2. The molecule has 2 saturated carbocycles. The minimum atomic E-state index is -0.790. The number of halogens is 1. The zero-order valence-electron chi connectivity index (χ0n) is 18.4. The summed E-state index contributed by atoms with van der Waals surface area (Å²) in [6.07, 6.45) is 3.93. The maximum Gasteiger partial charge on any atom is 0.293 e. The molecule has 34 heavy (non-hydrogen) atoms. The number of ketones is 1. The second kappa shape index (κ2) is 7.45. The van der Waals surface area contributed by atoms with E-state index < -0.39 is 29.0 Å². The molecule has 2 aliphatic carbocycles. The summed E-state index contributed by atoms with van der Waals surface area (Å²) >= 11 is 0. The third-order valence-corrected chi connectivity index (χ3v) is 7.05. The number of nitrogens with two attached hydrogens (primary N) is 2. The van der Waals surface area contributed by atoms with E-state index in [1.165, 1.54) is 18.3 Å². The van der Waals surface area contributed by atoms with Crippen molar-refractivity contribution in [1.82, 2.24) is 9.88 Å². The van der Waals surface area contributed by atoms with Crippen LogP contribution in [0.15, 0.2) is 30.1 Å². The standard InChI is InChI=1S/C24H23FN6O3/c1-11-19(21(32)23(34)30-24(4-5-24)18(28)10-27)17-8-12-7-16(12)31(17)20(11)22(33)29-14-2-3-15(25)13(6-14)9-26/h2-3,6,10,12,16H,4-5,7-8,27-28H2,1H3,(H,29,33)(H,30,34)/b18-10-/t12-,16-/m1/s1. The second-order valence-electron chi connectivity index (χ2n) is 9.18. The smallest absolute Gasteiger partial charge is 0.293 e. The van der Waals surface area contributed by atoms with Gasteiger partial charge < -0.3 is 26.7 Å². The third-order valence-electron chi connectivity index (χ3n) is 7.05. The fraction of sp³-hybridized carbons (Fsp3) is 0.333. The summed E-state index contributed by atoms with van der Waals surface area (Å²) < 4.78 is 15.5. The van der Waals surface area contributed by atoms with Crippen LogP contribution in [0, 0.1) is 30.0 Å². The minimum Gasteiger partial charge on any atom is -0.403 e. The van der Waals surface area contributed by atoms with E-state index in [-0.39, 0.29) is 22.9 Å². The molecule has 2 aromatic rings. The Morgan fingerprint density at radius 1 is 1.32 bits per heavy atom. The van der Waals surface area contributed by atoms with E-state index in [4.69, 9.17) is 16.7 Å². The van der Waals surface area contributed by atoms with E-state index in [2.05, 4.69) is 10.6 Å². The molecule has 10 heteroatoms. The number of amides is 2. The van der Waals surface area contributed by atoms with Crippen LogP contribution < -0.4 is 22.1 Å². The van der Waals surface area contributed by atoms with Crippen LogP contribution in [-0.4, -0.2) is 27.7 Å². The Morgan fingerprint density at radius 3 is 2.71 bits per heavy atom. The van der Waals surface area contributed by atoms with E-state index in [1.807, 2.05) is 4.57 Å². The molecule has 5 rings (SSSR count). The number of nitrogens with zero attached hydrogens (tertiary/aromatic N) is 2. The van der Waals surface area contributed by atoms with Crippen molar-refractivity contribution in [1.29, 1.82) is 5.26 Å². The number of hydrogen-bond acceptors (Lipinski definition) is 6. The van der Waals surface area contributed by atoms with Crippen LogP contribution in [0.4, 0.5) is 10.1 Å². The lowest BCUT2D eigenvalue weighted by atomic mass is 10.0. The van der Waals surface area contributed by atoms with Crippen LogP contribution in [0.1, 0.15) is 63.0 Å². The van der Waals surface area contributed by atoms with Gasteiger partial charge in [-0.3, -0.25) is 14.4 Å². The third kappa shape index (κ3) is 3.23. The highest BCUT2D eigenvalue weighted by molar-refractivity contribution is 6.44. The van der Waals surface area contributed by atoms with Crippen LogP contribution in [0.25, 0.3) is 0 Å². The predicted octanol–water partition coefficient (Wildman–Crippen LogP) is 1.77. The first kappa shape index (κ1) is 21.7. The average molecular weight is 462 g/mol. The molecule has 1 aliphatic heterocycles. The molecule has 2 amide bonds. The molecular weight excluding hydrogens is 439 g/mol. The number of benzene rings is 1. The van der Waals surface area contributed by atoms with E-state index in [0.717, 1.165) is 12.5 Å². The lowest BCUT2D eigenvalue weighted by Crippen LogP contribution is -2.44. The van der Waals surface area contributed by atoms with Gasteiger partial charge in [0.25, 0.3) is 17.6 Å². The molecule has 0 radical (unpaired) electrons. The molecule has 0 saturated heterocycles. The number of fused-ring (bicyclic) bond motifs is 3. The summed E-state index contributed by atoms with van der Waals surface area (Å²) in [4.78, 5) is 39.4. The number of aromatic nitrogens is 1. The highest BCUT2D eigenvalue weighted by Gasteiger charge is 2.51. The minimum absolute atomic E-state index is 0.104. The van der Waals surface area contributed by atoms with Gasteiger partial charge in [-0.15, -0.1) is 0 Å². The lowest BCUT2D eigenvalue weighted by Gasteiger charge is -2.17. The first-order valence-electron chi connectivity index (χ1n) is 11.0. The van der Waals surface area contributed by atoms with Crippen LogP contribution in [-0.2, 0) is 11.2 Å². The number of Topliss-reactive ketones (excluding diaryl/α,β-unsaturated/α-hetero) is 1. The second-order valence-corrected chi connectivity index (χ2v) is 9.18. The molecule has 3 aliphatic rings. The Kier molecular flexibility index (Phi) is 4.75. The van der Waals surface area contributed by atoms with Crippen molar-refractivity contribution in [3.8, 4) is 6.07 Å². The molecule has 2 atom stereocenters. The van der Waals surface area contributed by atoms with Crippen LogP contribution in [0.3, 0.4) is 0 Å². The highest BCUT2D eigenvalue weighted by Crippen LogP contribution is 2.54. The Balaban J connectivity index is 1.47. The zero-order chi connectivity index (χ0) is 24.4. The molecule has 9 nitrogen and oxygen atoms in total. The maximum absolute atomic E-state index is 13.7. The van der Waals surface area contributed by atoms with Crippen molar-refractivity contribution in [3.63, 3.8) is 0 Å². The van der Waals surface area contributed by atoms with Gasteiger partial charge in [-0.05, 0) is 62.3 Å². The number of nitriles is 1. The molecule has 2 heterocycles. The first-order valence-corrected chi connectivity index (χ1v) is 11.0. The summed E-state index contributed by atoms with van der Waals surface area (Å²) in [6, 6.07) is 5.56. The van der Waals surface area contributed by atoms with Crippen LogP contribution in [0.5, 0.6) is 0 Å². The summed E-state index contributed by atoms with van der Waals surface area (Å²) in [6.45, 7) is 1.64. The van der Waals surface area contributed by atoms with Crippen LogP contribution in [0.2, 0.25) is 0 Å². The van der Waals surface area contributed by atoms with Crippen molar-refractivity contribution in [2.24, 2.45) is 17.4 Å². The van der Waals surface area contributed by atoms with Gasteiger partial charge in [-0.2, -0.15) is 5.26 Å². The van der Waals surface area contributed by atoms with Gasteiger partial charge in [0.05, 0.1) is 16.7 Å². The normalized spacial score (nSPS) is 21.1. The van der Waals surface area contributed by atoms with Gasteiger partial charge in [0.15, 0.2) is 0 Å². The van der Waals surface area contributed by atoms with E-state index in [0.29, 0.717) is 47.8 Å². The lowest BCUT2D eigenvalue weighted by molar-refractivity contribution is -0.117. The van der Waals surface area contributed by atoms with Gasteiger partial charge in [0, 0.05) is 29.3 Å². The van der Waals surface area contributed by atoms with Gasteiger partial charge in [-0.1, -0.05) is 0 Å². The van der Waals surface area contributed by atoms with Gasteiger partial charge in [0.2, 0.25) is 0 Å². The summed E-state index contributed by atoms with van der Waals surface area (Å²) in [5.74, 6) is -2.35. The fourth-order valence-corrected chi connectivity index (χ4v) is 4.97. The number of carbonyl (C=O) groups excluding carboxylic acids is 3. The number of rotatable bonds is 6. The van der Waals surface area contributed by atoms with E-state index >= 15 is 0 Å². The Labute approximate surface area is 194 Å². The zero-order valence-corrected chi connectivity index (χ0v) is 18.4. The Hall–Kier alpha value is -4.13. The maximum atomic E-state index is 13.7. The molecule has 2 fully saturated rings. The molecule has 0 bridgehead atoms. The average Bonchev–Trinajstić information content (AvgIpc) is 3.71. The summed E-state index contributed by atoms with van der Waals surface area (Å²) in [7, 11) is 0. The fourth-order valence-electron chi connectivity index (χ4n) is 4.97. The monoisotopic (exact) mass is 462 g/mol. The van der Waals surface area contributed by atoms with E-state index in [9.17, 15) is 18.8 Å². The topological polar surface area (TPSA) is 156 Å². The molecule has 1 aromatic heterocycles. The van der Waals surface area contributed by atoms with Gasteiger partial charge >= 0.3 is 0 Å².